The van der Waals surface area contributed by atoms with Crippen LogP contribution < -0.4 is 16.0 Å². The third-order valence-corrected chi connectivity index (χ3v) is 7.22. The molecular formula is C32H48N4O6. The van der Waals surface area contributed by atoms with Crippen molar-refractivity contribution >= 4 is 35.1 Å². The number of ether oxygens (including phenoxy) is 1. The molecule has 1 unspecified atom stereocenters. The number of carbonyl (C=O) groups excluding carboxylic acids is 5. The van der Waals surface area contributed by atoms with Crippen LogP contribution in [0.15, 0.2) is 36.5 Å². The molecule has 0 aromatic heterocycles. The summed E-state index contributed by atoms with van der Waals surface area (Å²) in [5, 5.41) is 8.24. The number of amides is 4. The van der Waals surface area contributed by atoms with Crippen molar-refractivity contribution in [2.45, 2.75) is 84.5 Å². The van der Waals surface area contributed by atoms with E-state index < -0.39 is 11.8 Å². The average molecular weight is 585 g/mol. The molecule has 10 heteroatoms. The first kappa shape index (κ1) is 34.7. The molecule has 2 rings (SSSR count). The molecule has 0 bridgehead atoms. The van der Waals surface area contributed by atoms with Gasteiger partial charge in [-0.2, -0.15) is 0 Å². The molecule has 1 saturated heterocycles. The fraction of sp³-hybridized carbons (Fsp3) is 0.594. The van der Waals surface area contributed by atoms with E-state index in [-0.39, 0.29) is 43.7 Å². The van der Waals surface area contributed by atoms with E-state index >= 15 is 0 Å². The van der Waals surface area contributed by atoms with Gasteiger partial charge in [-0.1, -0.05) is 45.4 Å². The lowest BCUT2D eigenvalue weighted by molar-refractivity contribution is -0.131. The summed E-state index contributed by atoms with van der Waals surface area (Å²) in [5.74, 6) is -0.366. The maximum atomic E-state index is 12.2. The zero-order valence-corrected chi connectivity index (χ0v) is 25.3. The third-order valence-electron chi connectivity index (χ3n) is 7.22. The van der Waals surface area contributed by atoms with Gasteiger partial charge in [-0.05, 0) is 43.4 Å². The molecule has 1 aromatic rings. The number of hydrogen-bond donors (Lipinski definition) is 3. The van der Waals surface area contributed by atoms with Gasteiger partial charge in [0.05, 0.1) is 13.0 Å². The molecule has 1 aliphatic heterocycles. The number of likely N-dealkylation sites (tertiary alicyclic amines) is 1. The second-order valence-electron chi connectivity index (χ2n) is 10.7. The van der Waals surface area contributed by atoms with Crippen molar-refractivity contribution in [3.63, 3.8) is 0 Å². The Morgan fingerprint density at radius 2 is 1.64 bits per heavy atom. The van der Waals surface area contributed by atoms with Gasteiger partial charge in [0.25, 0.3) is 0 Å². The average Bonchev–Trinajstić information content (AvgIpc) is 2.95. The van der Waals surface area contributed by atoms with Gasteiger partial charge in [-0.15, -0.1) is 0 Å². The predicted molar refractivity (Wildman–Crippen MR) is 162 cm³/mol. The summed E-state index contributed by atoms with van der Waals surface area (Å²) < 4.78 is 5.47. The topological polar surface area (TPSA) is 134 Å². The number of benzene rings is 1. The highest BCUT2D eigenvalue weighted by molar-refractivity contribution is 6.03. The second kappa shape index (κ2) is 19.6. The smallest absolute Gasteiger partial charge is 0.233 e. The Balaban J connectivity index is 1.46. The minimum absolute atomic E-state index is 0.00884. The van der Waals surface area contributed by atoms with Crippen LogP contribution in [0, 0.1) is 5.92 Å². The number of hydrogen-bond acceptors (Lipinski definition) is 6. The lowest BCUT2D eigenvalue weighted by Gasteiger charge is -2.33. The van der Waals surface area contributed by atoms with Gasteiger partial charge in [0.1, 0.15) is 12.2 Å². The Kier molecular flexibility index (Phi) is 16.2. The van der Waals surface area contributed by atoms with Crippen molar-refractivity contribution in [2.75, 3.05) is 38.2 Å². The predicted octanol–water partition coefficient (Wildman–Crippen LogP) is 3.90. The zero-order chi connectivity index (χ0) is 30.7. The summed E-state index contributed by atoms with van der Waals surface area (Å²) in [6.45, 7) is 10.1. The molecule has 1 heterocycles. The van der Waals surface area contributed by atoms with Crippen LogP contribution in [-0.2, 0) is 35.1 Å². The van der Waals surface area contributed by atoms with E-state index in [1.165, 1.54) is 0 Å². The Bertz CT molecular complexity index is 1060. The maximum Gasteiger partial charge on any atom is 0.233 e. The van der Waals surface area contributed by atoms with Gasteiger partial charge in [-0.3, -0.25) is 24.0 Å². The molecule has 42 heavy (non-hydrogen) atoms. The van der Waals surface area contributed by atoms with Gasteiger partial charge in [-0.25, -0.2) is 0 Å². The Hall–Kier alpha value is -3.53. The van der Waals surface area contributed by atoms with E-state index in [4.69, 9.17) is 4.74 Å². The minimum Gasteiger partial charge on any atom is -0.380 e. The van der Waals surface area contributed by atoms with E-state index in [0.29, 0.717) is 50.4 Å². The van der Waals surface area contributed by atoms with Gasteiger partial charge in [0, 0.05) is 62.8 Å². The number of carbonyl (C=O) groups is 5. The first-order chi connectivity index (χ1) is 20.2. The third kappa shape index (κ3) is 13.4. The van der Waals surface area contributed by atoms with Crippen LogP contribution in [-0.4, -0.2) is 67.2 Å². The number of Topliss-reactive ketones (excluding diaryl/α,β-unsaturated/α-hetero) is 1. The van der Waals surface area contributed by atoms with E-state index in [1.54, 1.807) is 29.2 Å². The molecule has 0 aliphatic carbocycles. The Labute approximate surface area is 250 Å². The van der Waals surface area contributed by atoms with Crippen molar-refractivity contribution < 1.29 is 28.7 Å². The molecule has 0 spiro atoms. The molecule has 0 saturated carbocycles. The number of ketones is 1. The normalized spacial score (nSPS) is 13.2. The van der Waals surface area contributed by atoms with Crippen molar-refractivity contribution in [1.29, 1.82) is 0 Å². The summed E-state index contributed by atoms with van der Waals surface area (Å²) in [5.41, 5.74) is 2.23. The zero-order valence-electron chi connectivity index (χ0n) is 25.3. The highest BCUT2D eigenvalue weighted by Gasteiger charge is 2.24. The quantitative estimate of drug-likeness (QED) is 0.148. The molecule has 1 atom stereocenters. The highest BCUT2D eigenvalue weighted by atomic mass is 16.5. The number of rotatable bonds is 21. The van der Waals surface area contributed by atoms with E-state index in [0.717, 1.165) is 49.8 Å². The van der Waals surface area contributed by atoms with Crippen molar-refractivity contribution in [3.05, 3.63) is 42.1 Å². The lowest BCUT2D eigenvalue weighted by Crippen LogP contribution is -2.40. The van der Waals surface area contributed by atoms with Crippen LogP contribution in [0.2, 0.25) is 0 Å². The number of unbranched alkanes of at least 4 members (excludes halogenated alkanes) is 1. The Morgan fingerprint density at radius 1 is 0.905 bits per heavy atom. The monoisotopic (exact) mass is 584 g/mol. The number of nitrogens with one attached hydrogen (secondary N) is 3. The van der Waals surface area contributed by atoms with Crippen LogP contribution in [0.1, 0.15) is 83.6 Å². The summed E-state index contributed by atoms with van der Waals surface area (Å²) in [6, 6.07) is 6.97. The van der Waals surface area contributed by atoms with Crippen LogP contribution in [0.25, 0.3) is 0 Å². The first-order valence-electron chi connectivity index (χ1n) is 15.2. The summed E-state index contributed by atoms with van der Waals surface area (Å²) in [7, 11) is 0. The molecule has 0 radical (unpaired) electrons. The fourth-order valence-corrected chi connectivity index (χ4v) is 4.71. The van der Waals surface area contributed by atoms with Crippen LogP contribution in [0.5, 0.6) is 0 Å². The van der Waals surface area contributed by atoms with Crippen molar-refractivity contribution in [2.24, 2.45) is 5.92 Å². The van der Waals surface area contributed by atoms with Gasteiger partial charge in [0.2, 0.25) is 23.6 Å². The van der Waals surface area contributed by atoms with Crippen LogP contribution >= 0.6 is 0 Å². The molecule has 3 N–H and O–H groups in total. The molecule has 10 nitrogen and oxygen atoms in total. The molecule has 232 valence electrons. The maximum absolute atomic E-state index is 12.2. The van der Waals surface area contributed by atoms with Gasteiger partial charge >= 0.3 is 0 Å². The number of nitrogens with zero attached hydrogens (tertiary/aromatic N) is 1. The standard InChI is InChI=1S/C32H48N4O6/c1-4-9-26(28(37)5-2)10-6-7-17-33-29(38)11-8-20-42-21-18-34-30(39)23-31(40)35-27-14-12-25(13-15-27)22-32(41)36-19-16-24(36)3/h12-15,26H,3-11,16-23H2,1-2H3,(H,33,38)(H,34,39)(H,35,40). The van der Waals surface area contributed by atoms with Gasteiger partial charge in [0.15, 0.2) is 0 Å². The summed E-state index contributed by atoms with van der Waals surface area (Å²) >= 11 is 0. The van der Waals surface area contributed by atoms with Crippen molar-refractivity contribution in [1.82, 2.24) is 15.5 Å². The fourth-order valence-electron chi connectivity index (χ4n) is 4.71. The van der Waals surface area contributed by atoms with E-state index in [1.807, 2.05) is 6.92 Å². The van der Waals surface area contributed by atoms with Crippen LogP contribution in [0.3, 0.4) is 0 Å². The summed E-state index contributed by atoms with van der Waals surface area (Å²) in [4.78, 5) is 62.0. The van der Waals surface area contributed by atoms with E-state index in [2.05, 4.69) is 29.5 Å². The lowest BCUT2D eigenvalue weighted by atomic mass is 9.91. The first-order valence-corrected chi connectivity index (χ1v) is 15.2. The summed E-state index contributed by atoms with van der Waals surface area (Å²) in [6.07, 6.45) is 6.97. The second-order valence-corrected chi connectivity index (χ2v) is 10.7. The molecular weight excluding hydrogens is 536 g/mol. The highest BCUT2D eigenvalue weighted by Crippen LogP contribution is 2.21. The Morgan fingerprint density at radius 3 is 2.29 bits per heavy atom. The molecule has 1 fully saturated rings. The van der Waals surface area contributed by atoms with E-state index in [9.17, 15) is 24.0 Å². The minimum atomic E-state index is -0.435. The largest absolute Gasteiger partial charge is 0.380 e. The van der Waals surface area contributed by atoms with Gasteiger partial charge < -0.3 is 25.6 Å². The SMILES string of the molecule is C=C1CCN1C(=O)Cc1ccc(NC(=O)CC(=O)NCCOCCCC(=O)NCCCCC(CCC)C(=O)CC)cc1. The molecule has 4 amide bonds. The van der Waals surface area contributed by atoms with Crippen molar-refractivity contribution in [3.8, 4) is 0 Å². The molecule has 1 aromatic carbocycles. The number of anilines is 1. The molecule has 1 aliphatic rings. The van der Waals surface area contributed by atoms with Crippen LogP contribution in [0.4, 0.5) is 5.69 Å².